The van der Waals surface area contributed by atoms with Crippen LogP contribution in [-0.4, -0.2) is 41.1 Å². The highest BCUT2D eigenvalue weighted by molar-refractivity contribution is 7.89. The Hall–Kier alpha value is -3.63. The highest BCUT2D eigenvalue weighted by Gasteiger charge is 2.22. The fourth-order valence-corrected chi connectivity index (χ4v) is 4.02. The Balaban J connectivity index is 1.90. The van der Waals surface area contributed by atoms with Gasteiger partial charge in [0.2, 0.25) is 16.0 Å². The van der Waals surface area contributed by atoms with Crippen molar-refractivity contribution in [1.82, 2.24) is 19.3 Å². The molecule has 0 bridgehead atoms. The summed E-state index contributed by atoms with van der Waals surface area (Å²) >= 11 is 0. The van der Waals surface area contributed by atoms with Gasteiger partial charge in [0.25, 0.3) is 0 Å². The molecule has 8 nitrogen and oxygen atoms in total. The number of sulfonamides is 1. The molecule has 0 saturated heterocycles. The number of halogens is 1. The number of carbonyl (C=O) groups is 1. The van der Waals surface area contributed by atoms with Gasteiger partial charge < -0.3 is 5.11 Å². The Labute approximate surface area is 170 Å². The molecule has 0 saturated carbocycles. The summed E-state index contributed by atoms with van der Waals surface area (Å²) in [6, 6.07) is 10.3. The van der Waals surface area contributed by atoms with Gasteiger partial charge in [0.05, 0.1) is 11.1 Å². The van der Waals surface area contributed by atoms with Gasteiger partial charge in [-0.25, -0.2) is 32.3 Å². The minimum atomic E-state index is -3.83. The van der Waals surface area contributed by atoms with E-state index in [-0.39, 0.29) is 16.4 Å². The van der Waals surface area contributed by atoms with E-state index in [2.05, 4.69) is 14.7 Å². The molecule has 0 aliphatic heterocycles. The summed E-state index contributed by atoms with van der Waals surface area (Å²) in [7, 11) is -2.54. The maximum atomic E-state index is 14.0. The van der Waals surface area contributed by atoms with E-state index in [0.29, 0.717) is 22.0 Å². The lowest BCUT2D eigenvalue weighted by Crippen LogP contribution is -2.18. The zero-order chi connectivity index (χ0) is 21.5. The molecular formula is C20H15FN4O4S. The van der Waals surface area contributed by atoms with E-state index in [0.717, 1.165) is 0 Å². The van der Waals surface area contributed by atoms with Crippen molar-refractivity contribution < 1.29 is 22.7 Å². The molecule has 0 fully saturated rings. The zero-order valence-corrected chi connectivity index (χ0v) is 16.4. The normalized spacial score (nSPS) is 11.7. The number of aromatic carboxylic acids is 1. The fraction of sp³-hybridized carbons (Fsp3) is 0.0500. The monoisotopic (exact) mass is 426 g/mol. The van der Waals surface area contributed by atoms with E-state index in [1.165, 1.54) is 54.5 Å². The number of fused-ring (bicyclic) bond motifs is 1. The maximum Gasteiger partial charge on any atom is 0.335 e. The number of carboxylic acids is 1. The topological polar surface area (TPSA) is 114 Å². The number of hydrogen-bond acceptors (Lipinski definition) is 5. The van der Waals surface area contributed by atoms with Crippen LogP contribution < -0.4 is 4.72 Å². The van der Waals surface area contributed by atoms with Crippen molar-refractivity contribution in [2.45, 2.75) is 4.90 Å². The summed E-state index contributed by atoms with van der Waals surface area (Å²) in [4.78, 5) is 19.8. The molecule has 2 N–H and O–H groups in total. The summed E-state index contributed by atoms with van der Waals surface area (Å²) in [5, 5.41) is 9.62. The van der Waals surface area contributed by atoms with Crippen LogP contribution in [0.5, 0.6) is 0 Å². The molecule has 2 aromatic carbocycles. The van der Waals surface area contributed by atoms with Crippen molar-refractivity contribution in [3.05, 3.63) is 72.4 Å². The number of nitrogens with one attached hydrogen (secondary N) is 1. The number of hydrogen-bond donors (Lipinski definition) is 2. The van der Waals surface area contributed by atoms with Gasteiger partial charge in [-0.1, -0.05) is 24.3 Å². The molecule has 10 heteroatoms. The molecule has 30 heavy (non-hydrogen) atoms. The van der Waals surface area contributed by atoms with Crippen LogP contribution in [0.15, 0.2) is 66.0 Å². The molecule has 0 radical (unpaired) electrons. The average molecular weight is 426 g/mol. The van der Waals surface area contributed by atoms with Crippen LogP contribution in [0.4, 0.5) is 4.39 Å². The Morgan fingerprint density at radius 3 is 2.47 bits per heavy atom. The molecule has 0 amide bonds. The smallest absolute Gasteiger partial charge is 0.335 e. The van der Waals surface area contributed by atoms with Crippen LogP contribution in [0.25, 0.3) is 28.0 Å². The van der Waals surface area contributed by atoms with Crippen molar-refractivity contribution >= 4 is 26.9 Å². The number of aromatic nitrogens is 3. The summed E-state index contributed by atoms with van der Waals surface area (Å²) in [5.74, 6) is -1.47. The molecule has 4 rings (SSSR count). The van der Waals surface area contributed by atoms with Crippen molar-refractivity contribution in [2.24, 2.45) is 0 Å². The third-order valence-electron chi connectivity index (χ3n) is 4.61. The van der Waals surface area contributed by atoms with E-state index < -0.39 is 21.8 Å². The van der Waals surface area contributed by atoms with Crippen LogP contribution >= 0.6 is 0 Å². The number of benzene rings is 2. The second-order valence-electron chi connectivity index (χ2n) is 6.36. The van der Waals surface area contributed by atoms with Crippen molar-refractivity contribution in [2.75, 3.05) is 7.05 Å². The maximum absolute atomic E-state index is 14.0. The van der Waals surface area contributed by atoms with Gasteiger partial charge in [0, 0.05) is 35.1 Å². The average Bonchev–Trinajstić information content (AvgIpc) is 3.14. The third-order valence-corrected chi connectivity index (χ3v) is 6.05. The molecular weight excluding hydrogens is 411 g/mol. The first kappa shape index (κ1) is 19.7. The van der Waals surface area contributed by atoms with Gasteiger partial charge in [-0.15, -0.1) is 0 Å². The molecule has 2 heterocycles. The Morgan fingerprint density at radius 1 is 1.13 bits per heavy atom. The largest absolute Gasteiger partial charge is 0.478 e. The SMILES string of the molecule is CNS(=O)(=O)c1cn(-c2ncc(-c3ccccc3F)cn2)c2cc(C(=O)O)ccc12. The summed E-state index contributed by atoms with van der Waals surface area (Å²) in [6.07, 6.45) is 4.15. The quantitative estimate of drug-likeness (QED) is 0.507. The van der Waals surface area contributed by atoms with Gasteiger partial charge in [-0.2, -0.15) is 0 Å². The Bertz CT molecular complexity index is 1380. The number of carboxylic acid groups (broad SMARTS) is 1. The highest BCUT2D eigenvalue weighted by Crippen LogP contribution is 2.29. The van der Waals surface area contributed by atoms with Crippen molar-refractivity contribution in [3.8, 4) is 17.1 Å². The van der Waals surface area contributed by atoms with Gasteiger partial charge >= 0.3 is 5.97 Å². The van der Waals surface area contributed by atoms with Crippen LogP contribution in [0.1, 0.15) is 10.4 Å². The van der Waals surface area contributed by atoms with Crippen LogP contribution in [0, 0.1) is 5.82 Å². The molecule has 0 spiro atoms. The number of nitrogens with zero attached hydrogens (tertiary/aromatic N) is 3. The van der Waals surface area contributed by atoms with Gasteiger partial charge in [-0.3, -0.25) is 4.57 Å². The van der Waals surface area contributed by atoms with E-state index in [4.69, 9.17) is 0 Å². The predicted octanol–water partition coefficient (Wildman–Crippen LogP) is 2.83. The summed E-state index contributed by atoms with van der Waals surface area (Å²) < 4.78 is 42.5. The summed E-state index contributed by atoms with van der Waals surface area (Å²) in [6.45, 7) is 0. The molecule has 0 unspecified atom stereocenters. The second kappa shape index (κ2) is 7.32. The van der Waals surface area contributed by atoms with Crippen molar-refractivity contribution in [1.29, 1.82) is 0 Å². The first-order valence-electron chi connectivity index (χ1n) is 8.71. The van der Waals surface area contributed by atoms with E-state index in [1.54, 1.807) is 18.2 Å². The summed E-state index contributed by atoms with van der Waals surface area (Å²) in [5.41, 5.74) is 1.07. The van der Waals surface area contributed by atoms with Crippen LogP contribution in [0.3, 0.4) is 0 Å². The first-order chi connectivity index (χ1) is 14.3. The van der Waals surface area contributed by atoms with E-state index >= 15 is 0 Å². The molecule has 0 aliphatic rings. The Morgan fingerprint density at radius 2 is 1.83 bits per heavy atom. The van der Waals surface area contributed by atoms with Gasteiger partial charge in [0.1, 0.15) is 10.7 Å². The standard InChI is InChI=1S/C20H15FN4O4S/c1-22-30(28,29)18-11-25(17-8-12(19(26)27)6-7-15(17)18)20-23-9-13(10-24-20)14-4-2-3-5-16(14)21/h2-11,22H,1H3,(H,26,27). The minimum Gasteiger partial charge on any atom is -0.478 e. The first-order valence-corrected chi connectivity index (χ1v) is 10.2. The van der Waals surface area contributed by atoms with Crippen molar-refractivity contribution in [3.63, 3.8) is 0 Å². The zero-order valence-electron chi connectivity index (χ0n) is 15.6. The fourth-order valence-electron chi connectivity index (χ4n) is 3.10. The van der Waals surface area contributed by atoms with Gasteiger partial charge in [0.15, 0.2) is 0 Å². The molecule has 152 valence electrons. The van der Waals surface area contributed by atoms with E-state index in [9.17, 15) is 22.7 Å². The number of rotatable bonds is 5. The van der Waals surface area contributed by atoms with E-state index in [1.807, 2.05) is 0 Å². The Kier molecular flexibility index (Phi) is 4.80. The third kappa shape index (κ3) is 3.31. The van der Waals surface area contributed by atoms with Crippen LogP contribution in [-0.2, 0) is 10.0 Å². The molecule has 2 aromatic heterocycles. The highest BCUT2D eigenvalue weighted by atomic mass is 32.2. The molecule has 0 atom stereocenters. The lowest BCUT2D eigenvalue weighted by Gasteiger charge is -2.06. The minimum absolute atomic E-state index is 0.0155. The molecule has 0 aliphatic carbocycles. The van der Waals surface area contributed by atoms with Gasteiger partial charge in [-0.05, 0) is 25.2 Å². The lowest BCUT2D eigenvalue weighted by molar-refractivity contribution is 0.0697. The second-order valence-corrected chi connectivity index (χ2v) is 8.21. The lowest BCUT2D eigenvalue weighted by atomic mass is 10.1. The van der Waals surface area contributed by atoms with Crippen LogP contribution in [0.2, 0.25) is 0 Å². The molecule has 4 aromatic rings. The predicted molar refractivity (Wildman–Crippen MR) is 107 cm³/mol.